The molecule has 2 aromatic rings. The van der Waals surface area contributed by atoms with Crippen LogP contribution in [0.5, 0.6) is 5.75 Å². The van der Waals surface area contributed by atoms with Gasteiger partial charge in [-0.15, -0.1) is 0 Å². The van der Waals surface area contributed by atoms with Crippen LogP contribution in [-0.2, 0) is 16.6 Å². The lowest BCUT2D eigenvalue weighted by Gasteiger charge is -2.32. The summed E-state index contributed by atoms with van der Waals surface area (Å²) >= 11 is 0. The molecule has 8 heteroatoms. The smallest absolute Gasteiger partial charge is 0.251 e. The number of nitrogens with one attached hydrogen (secondary N) is 2. The molecule has 0 aliphatic carbocycles. The molecule has 1 heterocycles. The van der Waals surface area contributed by atoms with Gasteiger partial charge in [0.05, 0.1) is 7.11 Å². The third-order valence-corrected chi connectivity index (χ3v) is 6.59. The van der Waals surface area contributed by atoms with E-state index in [0.717, 1.165) is 32.5 Å². The summed E-state index contributed by atoms with van der Waals surface area (Å²) in [4.78, 5) is 15.0. The predicted molar refractivity (Wildman–Crippen MR) is 111 cm³/mol. The van der Waals surface area contributed by atoms with Crippen molar-refractivity contribution in [3.63, 3.8) is 0 Å². The van der Waals surface area contributed by atoms with Gasteiger partial charge in [0.25, 0.3) is 5.91 Å². The number of hydrogen-bond donors (Lipinski definition) is 2. The van der Waals surface area contributed by atoms with Crippen molar-refractivity contribution in [2.75, 3.05) is 27.2 Å². The molecule has 156 valence electrons. The highest BCUT2D eigenvalue weighted by Crippen LogP contribution is 2.25. The molecule has 0 radical (unpaired) electrons. The molecule has 0 atom stereocenters. The van der Waals surface area contributed by atoms with Crippen molar-refractivity contribution in [1.29, 1.82) is 0 Å². The zero-order valence-corrected chi connectivity index (χ0v) is 17.5. The maximum atomic E-state index is 12.7. The molecular weight excluding hydrogens is 390 g/mol. The molecule has 1 aliphatic heterocycles. The molecule has 1 aliphatic rings. The number of carbonyl (C=O) groups excluding carboxylic acids is 1. The van der Waals surface area contributed by atoms with Gasteiger partial charge in [0.1, 0.15) is 10.6 Å². The van der Waals surface area contributed by atoms with E-state index in [4.69, 9.17) is 4.74 Å². The van der Waals surface area contributed by atoms with Gasteiger partial charge in [-0.05, 0) is 43.7 Å². The minimum absolute atomic E-state index is 0.0483. The fraction of sp³-hybridized carbons (Fsp3) is 0.381. The minimum atomic E-state index is -3.73. The predicted octanol–water partition coefficient (Wildman–Crippen LogP) is 2.00. The van der Waals surface area contributed by atoms with Crippen LogP contribution in [0.3, 0.4) is 0 Å². The van der Waals surface area contributed by atoms with Crippen LogP contribution in [0, 0.1) is 0 Å². The SMILES string of the molecule is CNS(=O)(=O)c1cc(C(=O)NC2CCN(Cc3ccccc3)CC2)ccc1OC. The molecule has 2 N–H and O–H groups in total. The molecular formula is C21H27N3O4S. The number of ether oxygens (including phenoxy) is 1. The molecule has 0 aromatic heterocycles. The molecule has 0 saturated carbocycles. The van der Waals surface area contributed by atoms with Crippen molar-refractivity contribution < 1.29 is 17.9 Å². The first-order chi connectivity index (χ1) is 13.9. The quantitative estimate of drug-likeness (QED) is 0.720. The van der Waals surface area contributed by atoms with Crippen LogP contribution in [0.15, 0.2) is 53.4 Å². The second kappa shape index (κ2) is 9.39. The summed E-state index contributed by atoms with van der Waals surface area (Å²) in [6.07, 6.45) is 1.72. The summed E-state index contributed by atoms with van der Waals surface area (Å²) in [5.74, 6) is -0.0770. The van der Waals surface area contributed by atoms with Crippen LogP contribution in [0.4, 0.5) is 0 Å². The highest BCUT2D eigenvalue weighted by molar-refractivity contribution is 7.89. The summed E-state index contributed by atoms with van der Waals surface area (Å²) in [5, 5.41) is 3.03. The van der Waals surface area contributed by atoms with Crippen LogP contribution >= 0.6 is 0 Å². The van der Waals surface area contributed by atoms with E-state index in [2.05, 4.69) is 27.1 Å². The van der Waals surface area contributed by atoms with Crippen LogP contribution < -0.4 is 14.8 Å². The van der Waals surface area contributed by atoms with Gasteiger partial charge in [0, 0.05) is 31.2 Å². The second-order valence-electron chi connectivity index (χ2n) is 7.08. The maximum Gasteiger partial charge on any atom is 0.251 e. The highest BCUT2D eigenvalue weighted by atomic mass is 32.2. The Morgan fingerprint density at radius 2 is 1.83 bits per heavy atom. The fourth-order valence-electron chi connectivity index (χ4n) is 3.48. The number of nitrogens with zero attached hydrogens (tertiary/aromatic N) is 1. The number of hydrogen-bond acceptors (Lipinski definition) is 5. The first kappa shape index (κ1) is 21.3. The van der Waals surface area contributed by atoms with E-state index in [1.165, 1.54) is 31.9 Å². The molecule has 29 heavy (non-hydrogen) atoms. The molecule has 1 saturated heterocycles. The van der Waals surface area contributed by atoms with E-state index in [-0.39, 0.29) is 22.6 Å². The van der Waals surface area contributed by atoms with Crippen molar-refractivity contribution in [1.82, 2.24) is 14.9 Å². The zero-order valence-electron chi connectivity index (χ0n) is 16.7. The van der Waals surface area contributed by atoms with Gasteiger partial charge in [0.15, 0.2) is 0 Å². The van der Waals surface area contributed by atoms with Gasteiger partial charge >= 0.3 is 0 Å². The normalized spacial score (nSPS) is 15.8. The second-order valence-corrected chi connectivity index (χ2v) is 8.94. The van der Waals surface area contributed by atoms with Crippen LogP contribution in [0.2, 0.25) is 0 Å². The molecule has 0 spiro atoms. The number of likely N-dealkylation sites (tertiary alicyclic amines) is 1. The van der Waals surface area contributed by atoms with Gasteiger partial charge in [-0.25, -0.2) is 13.1 Å². The Kier molecular flexibility index (Phi) is 6.89. The van der Waals surface area contributed by atoms with E-state index in [1.54, 1.807) is 6.07 Å². The van der Waals surface area contributed by atoms with Crippen molar-refractivity contribution in [2.24, 2.45) is 0 Å². The largest absolute Gasteiger partial charge is 0.495 e. The average Bonchev–Trinajstić information content (AvgIpc) is 2.75. The van der Waals surface area contributed by atoms with E-state index < -0.39 is 10.0 Å². The third-order valence-electron chi connectivity index (χ3n) is 5.16. The van der Waals surface area contributed by atoms with Gasteiger partial charge < -0.3 is 10.1 Å². The Bertz CT molecular complexity index is 940. The Morgan fingerprint density at radius 3 is 2.45 bits per heavy atom. The standard InChI is InChI=1S/C21H27N3O4S/c1-22-29(26,27)20-14-17(8-9-19(20)28-2)21(25)23-18-10-12-24(13-11-18)15-16-6-4-3-5-7-16/h3-9,14,18,22H,10-13,15H2,1-2H3,(H,23,25). The zero-order chi connectivity index (χ0) is 20.9. The topological polar surface area (TPSA) is 87.7 Å². The lowest BCUT2D eigenvalue weighted by Crippen LogP contribution is -2.44. The Morgan fingerprint density at radius 1 is 1.14 bits per heavy atom. The lowest BCUT2D eigenvalue weighted by molar-refractivity contribution is 0.0908. The Labute approximate surface area is 172 Å². The van der Waals surface area contributed by atoms with Crippen LogP contribution in [-0.4, -0.2) is 52.5 Å². The minimum Gasteiger partial charge on any atom is -0.495 e. The number of rotatable bonds is 7. The average molecular weight is 418 g/mol. The molecule has 7 nitrogen and oxygen atoms in total. The molecule has 0 bridgehead atoms. The molecule has 3 rings (SSSR count). The summed E-state index contributed by atoms with van der Waals surface area (Å²) in [6.45, 7) is 2.72. The van der Waals surface area contributed by atoms with E-state index in [1.807, 2.05) is 18.2 Å². The van der Waals surface area contributed by atoms with Gasteiger partial charge in [-0.3, -0.25) is 9.69 Å². The van der Waals surface area contributed by atoms with E-state index >= 15 is 0 Å². The van der Waals surface area contributed by atoms with E-state index in [9.17, 15) is 13.2 Å². The fourth-order valence-corrected chi connectivity index (χ4v) is 4.40. The monoisotopic (exact) mass is 417 g/mol. The first-order valence-corrected chi connectivity index (χ1v) is 11.1. The van der Waals surface area contributed by atoms with Crippen LogP contribution in [0.1, 0.15) is 28.8 Å². The summed E-state index contributed by atoms with van der Waals surface area (Å²) in [5.41, 5.74) is 1.58. The van der Waals surface area contributed by atoms with Crippen molar-refractivity contribution in [2.45, 2.75) is 30.3 Å². The third kappa shape index (κ3) is 5.35. The Balaban J connectivity index is 1.60. The summed E-state index contributed by atoms with van der Waals surface area (Å²) < 4.78 is 31.8. The maximum absolute atomic E-state index is 12.7. The van der Waals surface area contributed by atoms with Crippen LogP contribution in [0.25, 0.3) is 0 Å². The first-order valence-electron chi connectivity index (χ1n) is 9.61. The van der Waals surface area contributed by atoms with Crippen molar-refractivity contribution in [3.8, 4) is 5.75 Å². The van der Waals surface area contributed by atoms with Crippen molar-refractivity contribution in [3.05, 3.63) is 59.7 Å². The number of piperidine rings is 1. The lowest BCUT2D eigenvalue weighted by atomic mass is 10.0. The molecule has 1 fully saturated rings. The summed E-state index contributed by atoms with van der Waals surface area (Å²) in [7, 11) is -1.01. The van der Waals surface area contributed by atoms with Crippen molar-refractivity contribution >= 4 is 15.9 Å². The number of benzene rings is 2. The van der Waals surface area contributed by atoms with E-state index in [0.29, 0.717) is 5.56 Å². The molecule has 2 aromatic carbocycles. The number of carbonyl (C=O) groups is 1. The molecule has 1 amide bonds. The summed E-state index contributed by atoms with van der Waals surface area (Å²) in [6, 6.07) is 14.8. The number of methoxy groups -OCH3 is 1. The molecule has 0 unspecified atom stereocenters. The highest BCUT2D eigenvalue weighted by Gasteiger charge is 2.23. The number of amides is 1. The van der Waals surface area contributed by atoms with Gasteiger partial charge in [-0.2, -0.15) is 0 Å². The van der Waals surface area contributed by atoms with Gasteiger partial charge in [-0.1, -0.05) is 30.3 Å². The number of sulfonamides is 1. The van der Waals surface area contributed by atoms with Gasteiger partial charge in [0.2, 0.25) is 10.0 Å². The Hall–Kier alpha value is -2.42.